The fourth-order valence-electron chi connectivity index (χ4n) is 2.76. The molecule has 5 nitrogen and oxygen atoms in total. The Kier molecular flexibility index (Phi) is 5.35. The van der Waals surface area contributed by atoms with Crippen molar-refractivity contribution in [3.05, 3.63) is 46.9 Å². The van der Waals surface area contributed by atoms with Crippen molar-refractivity contribution in [3.63, 3.8) is 0 Å². The van der Waals surface area contributed by atoms with Crippen molar-refractivity contribution in [2.24, 2.45) is 21.5 Å². The zero-order valence-electron chi connectivity index (χ0n) is 14.5. The molecule has 1 aliphatic rings. The van der Waals surface area contributed by atoms with E-state index in [4.69, 9.17) is 11.5 Å². The van der Waals surface area contributed by atoms with E-state index < -0.39 is 17.5 Å². The number of halogens is 2. The van der Waals surface area contributed by atoms with Gasteiger partial charge in [-0.15, -0.1) is 0 Å². The third-order valence-electron chi connectivity index (χ3n) is 4.39. The summed E-state index contributed by atoms with van der Waals surface area (Å²) in [5, 5.41) is 0. The average molecular weight is 348 g/mol. The van der Waals surface area contributed by atoms with Gasteiger partial charge in [0.25, 0.3) is 5.91 Å². The van der Waals surface area contributed by atoms with Crippen LogP contribution < -0.4 is 11.5 Å². The van der Waals surface area contributed by atoms with Crippen LogP contribution in [0.2, 0.25) is 0 Å². The van der Waals surface area contributed by atoms with Crippen LogP contribution in [0.3, 0.4) is 0 Å². The van der Waals surface area contributed by atoms with Crippen LogP contribution >= 0.6 is 0 Å². The van der Waals surface area contributed by atoms with Crippen molar-refractivity contribution < 1.29 is 13.6 Å². The van der Waals surface area contributed by atoms with Gasteiger partial charge in [0, 0.05) is 7.05 Å². The number of rotatable bonds is 5. The van der Waals surface area contributed by atoms with E-state index in [1.807, 2.05) is 6.92 Å². The molecule has 1 aromatic carbocycles. The molecule has 0 bridgehead atoms. The fourth-order valence-corrected chi connectivity index (χ4v) is 2.76. The van der Waals surface area contributed by atoms with Gasteiger partial charge in [-0.05, 0) is 56.0 Å². The Morgan fingerprint density at radius 1 is 1.36 bits per heavy atom. The average Bonchev–Trinajstić information content (AvgIpc) is 3.35. The number of hydrogen-bond donors (Lipinski definition) is 2. The first-order valence-corrected chi connectivity index (χ1v) is 7.95. The van der Waals surface area contributed by atoms with Crippen LogP contribution in [-0.4, -0.2) is 30.7 Å². The summed E-state index contributed by atoms with van der Waals surface area (Å²) in [7, 11) is 1.41. The summed E-state index contributed by atoms with van der Waals surface area (Å²) in [5.74, 6) is -1.04. The summed E-state index contributed by atoms with van der Waals surface area (Å²) in [6.45, 7) is 3.14. The van der Waals surface area contributed by atoms with Crippen LogP contribution in [0.5, 0.6) is 0 Å². The standard InChI is InChI=1S/C18H22F2N4O/c1-10-4-5-12(20)8-13(10)18(6-7-18)17(22)24-16(25)14(21)9-15(23-3)11(2)19/h4-5,8-9,11H,6-7,21H2,1-3H3,(H2,22,24,25)/b14-9-,23-15?. The van der Waals surface area contributed by atoms with E-state index in [0.29, 0.717) is 12.8 Å². The van der Waals surface area contributed by atoms with Gasteiger partial charge in [0.2, 0.25) is 0 Å². The first-order valence-electron chi connectivity index (χ1n) is 7.95. The highest BCUT2D eigenvalue weighted by Gasteiger charge is 2.49. The van der Waals surface area contributed by atoms with Crippen LogP contribution in [-0.2, 0) is 10.2 Å². The lowest BCUT2D eigenvalue weighted by Crippen LogP contribution is -2.31. The third kappa shape index (κ3) is 3.92. The third-order valence-corrected chi connectivity index (χ3v) is 4.39. The molecule has 0 radical (unpaired) electrons. The number of carbonyl (C=O) groups is 1. The fraction of sp³-hybridized carbons (Fsp3) is 0.389. The molecule has 1 atom stereocenters. The van der Waals surface area contributed by atoms with Gasteiger partial charge in [-0.1, -0.05) is 6.07 Å². The smallest absolute Gasteiger partial charge is 0.294 e. The predicted octanol–water partition coefficient (Wildman–Crippen LogP) is 2.32. The van der Waals surface area contributed by atoms with Gasteiger partial charge in [0.15, 0.2) is 0 Å². The predicted molar refractivity (Wildman–Crippen MR) is 94.9 cm³/mol. The molecule has 1 aromatic rings. The molecule has 1 saturated carbocycles. The molecule has 7 heteroatoms. The molecule has 0 aromatic heterocycles. The highest BCUT2D eigenvalue weighted by molar-refractivity contribution is 6.10. The molecular weight excluding hydrogens is 326 g/mol. The number of amidine groups is 1. The second kappa shape index (κ2) is 7.13. The van der Waals surface area contributed by atoms with E-state index in [1.165, 1.54) is 26.1 Å². The van der Waals surface area contributed by atoms with E-state index in [-0.39, 0.29) is 23.1 Å². The van der Waals surface area contributed by atoms with Crippen molar-refractivity contribution in [1.82, 2.24) is 0 Å². The maximum Gasteiger partial charge on any atom is 0.294 e. The molecule has 4 N–H and O–H groups in total. The van der Waals surface area contributed by atoms with Crippen LogP contribution in [0.1, 0.15) is 30.9 Å². The molecule has 1 fully saturated rings. The van der Waals surface area contributed by atoms with Gasteiger partial charge in [0.1, 0.15) is 23.5 Å². The summed E-state index contributed by atoms with van der Waals surface area (Å²) in [4.78, 5) is 19.8. The number of hydrogen-bond acceptors (Lipinski definition) is 3. The molecule has 0 saturated heterocycles. The lowest BCUT2D eigenvalue weighted by Gasteiger charge is -2.17. The first-order chi connectivity index (χ1) is 11.7. The molecule has 1 aliphatic carbocycles. The minimum atomic E-state index is -1.36. The Labute approximate surface area is 145 Å². The van der Waals surface area contributed by atoms with Gasteiger partial charge in [-0.3, -0.25) is 9.79 Å². The number of aryl methyl sites for hydroxylation is 1. The van der Waals surface area contributed by atoms with Crippen LogP contribution in [0.4, 0.5) is 8.78 Å². The quantitative estimate of drug-likeness (QED) is 0.486. The zero-order valence-corrected chi connectivity index (χ0v) is 14.5. The SMILES string of the molecule is CN=C(/C=C(\N)C(=O)N=C(N)C1(c2cc(F)ccc2C)CC1)C(C)F. The summed E-state index contributed by atoms with van der Waals surface area (Å²) >= 11 is 0. The second-order valence-electron chi connectivity index (χ2n) is 6.21. The number of nitrogens with zero attached hydrogens (tertiary/aromatic N) is 2. The van der Waals surface area contributed by atoms with Gasteiger partial charge in [-0.2, -0.15) is 4.99 Å². The maximum atomic E-state index is 13.6. The Morgan fingerprint density at radius 2 is 2.00 bits per heavy atom. The molecule has 0 heterocycles. The molecule has 1 amide bonds. The second-order valence-corrected chi connectivity index (χ2v) is 6.21. The summed E-state index contributed by atoms with van der Waals surface area (Å²) in [5.41, 5.74) is 12.5. The van der Waals surface area contributed by atoms with E-state index >= 15 is 0 Å². The van der Waals surface area contributed by atoms with E-state index in [0.717, 1.165) is 17.2 Å². The Morgan fingerprint density at radius 3 is 2.52 bits per heavy atom. The molecule has 134 valence electrons. The molecule has 0 spiro atoms. The van der Waals surface area contributed by atoms with Gasteiger partial charge in [0.05, 0.1) is 11.1 Å². The van der Waals surface area contributed by atoms with Gasteiger partial charge in [-0.25, -0.2) is 8.78 Å². The van der Waals surface area contributed by atoms with Gasteiger partial charge < -0.3 is 11.5 Å². The van der Waals surface area contributed by atoms with Crippen LogP contribution in [0.25, 0.3) is 0 Å². The lowest BCUT2D eigenvalue weighted by molar-refractivity contribution is -0.114. The minimum absolute atomic E-state index is 0.0433. The molecule has 0 aliphatic heterocycles. The number of allylic oxidation sites excluding steroid dienone is 1. The maximum absolute atomic E-state index is 13.6. The van der Waals surface area contributed by atoms with Crippen LogP contribution in [0, 0.1) is 12.7 Å². The van der Waals surface area contributed by atoms with E-state index in [1.54, 1.807) is 6.07 Å². The van der Waals surface area contributed by atoms with E-state index in [9.17, 15) is 13.6 Å². The highest BCUT2D eigenvalue weighted by Crippen LogP contribution is 2.49. The molecule has 1 unspecified atom stereocenters. The highest BCUT2D eigenvalue weighted by atomic mass is 19.1. The zero-order chi connectivity index (χ0) is 18.8. The van der Waals surface area contributed by atoms with E-state index in [2.05, 4.69) is 9.98 Å². The number of benzene rings is 1. The number of amides is 1. The first kappa shape index (κ1) is 18.8. The summed E-state index contributed by atoms with van der Waals surface area (Å²) in [6.07, 6.45) is 1.14. The topological polar surface area (TPSA) is 93.8 Å². The number of nitrogens with two attached hydrogens (primary N) is 2. The van der Waals surface area contributed by atoms with Crippen molar-refractivity contribution in [1.29, 1.82) is 0 Å². The summed E-state index contributed by atoms with van der Waals surface area (Å²) < 4.78 is 26.9. The normalized spacial score (nSPS) is 18.8. The van der Waals surface area contributed by atoms with Crippen molar-refractivity contribution >= 4 is 17.5 Å². The Bertz CT molecular complexity index is 777. The largest absolute Gasteiger partial charge is 0.394 e. The molecule has 2 rings (SSSR count). The Balaban J connectivity index is 2.30. The number of alkyl halides is 1. The van der Waals surface area contributed by atoms with Gasteiger partial charge >= 0.3 is 0 Å². The van der Waals surface area contributed by atoms with Crippen molar-refractivity contribution in [2.45, 2.75) is 38.3 Å². The number of aliphatic imine (C=N–C) groups is 2. The molecule has 25 heavy (non-hydrogen) atoms. The lowest BCUT2D eigenvalue weighted by atomic mass is 9.90. The monoisotopic (exact) mass is 348 g/mol. The van der Waals surface area contributed by atoms with Crippen molar-refractivity contribution in [2.75, 3.05) is 7.05 Å². The van der Waals surface area contributed by atoms with Crippen molar-refractivity contribution in [3.8, 4) is 0 Å². The minimum Gasteiger partial charge on any atom is -0.394 e. The Hall–Kier alpha value is -2.57. The summed E-state index contributed by atoms with van der Waals surface area (Å²) in [6, 6.07) is 4.46. The molecular formula is C18H22F2N4O. The van der Waals surface area contributed by atoms with Crippen LogP contribution in [0.15, 0.2) is 40.0 Å². The number of carbonyl (C=O) groups excluding carboxylic acids is 1.